The summed E-state index contributed by atoms with van der Waals surface area (Å²) in [5.74, 6) is 3.89. The SMILES string of the molecule is C/C=C/CCc1ccc2cc(C3CCC(CCC4CCC(CCC)CC4)CC3)ccc2c1. The molecule has 0 nitrogen and oxygen atoms in total. The maximum Gasteiger partial charge on any atom is -0.0162 e. The van der Waals surface area contributed by atoms with E-state index < -0.39 is 0 Å². The van der Waals surface area contributed by atoms with E-state index in [9.17, 15) is 0 Å². The van der Waals surface area contributed by atoms with Gasteiger partial charge in [-0.2, -0.15) is 0 Å². The molecule has 0 saturated heterocycles. The summed E-state index contributed by atoms with van der Waals surface area (Å²) in [5.41, 5.74) is 3.05. The lowest BCUT2D eigenvalue weighted by atomic mass is 9.74. The lowest BCUT2D eigenvalue weighted by Gasteiger charge is -2.32. The molecule has 0 amide bonds. The minimum absolute atomic E-state index is 0.787. The summed E-state index contributed by atoms with van der Waals surface area (Å²) in [4.78, 5) is 0. The van der Waals surface area contributed by atoms with Crippen LogP contribution >= 0.6 is 0 Å². The smallest absolute Gasteiger partial charge is 0.0162 e. The fourth-order valence-electron chi connectivity index (χ4n) is 6.61. The third-order valence-corrected chi connectivity index (χ3v) is 8.73. The van der Waals surface area contributed by atoms with Crippen molar-refractivity contribution >= 4 is 10.8 Å². The van der Waals surface area contributed by atoms with E-state index in [0.717, 1.165) is 36.5 Å². The molecule has 174 valence electrons. The largest absolute Gasteiger partial charge is 0.0917 e. The first-order valence-electron chi connectivity index (χ1n) is 13.9. The Balaban J connectivity index is 1.23. The standard InChI is InChI=1S/C32H46/c1-3-5-6-8-28-17-20-32-24-31(22-21-30(32)23-28)29-18-15-27(16-19-29)14-13-26-11-9-25(7-4-2)10-12-26/h3,5,17,20-27,29H,4,6-16,18-19H2,1-2H3/b5-3+. The van der Waals surface area contributed by atoms with Crippen LogP contribution < -0.4 is 0 Å². The van der Waals surface area contributed by atoms with Crippen molar-refractivity contribution in [2.45, 2.75) is 110 Å². The Morgan fingerprint density at radius 2 is 1.31 bits per heavy atom. The quantitative estimate of drug-likeness (QED) is 0.347. The Kier molecular flexibility index (Phi) is 8.89. The molecule has 0 N–H and O–H groups in total. The predicted molar refractivity (Wildman–Crippen MR) is 141 cm³/mol. The number of rotatable bonds is 9. The molecule has 0 atom stereocenters. The van der Waals surface area contributed by atoms with Crippen LogP contribution in [0.25, 0.3) is 10.8 Å². The molecule has 2 aliphatic rings. The molecule has 2 saturated carbocycles. The number of aryl methyl sites for hydroxylation is 1. The Morgan fingerprint density at radius 3 is 1.97 bits per heavy atom. The van der Waals surface area contributed by atoms with Crippen LogP contribution in [-0.4, -0.2) is 0 Å². The van der Waals surface area contributed by atoms with Crippen LogP contribution in [0.3, 0.4) is 0 Å². The second-order valence-corrected chi connectivity index (χ2v) is 11.0. The molecule has 2 aliphatic carbocycles. The van der Waals surface area contributed by atoms with Crippen molar-refractivity contribution in [2.24, 2.45) is 17.8 Å². The van der Waals surface area contributed by atoms with E-state index in [1.54, 1.807) is 5.56 Å². The maximum absolute atomic E-state index is 2.49. The topological polar surface area (TPSA) is 0 Å². The molecular weight excluding hydrogens is 384 g/mol. The van der Waals surface area contributed by atoms with Crippen LogP contribution in [0.15, 0.2) is 48.6 Å². The summed E-state index contributed by atoms with van der Waals surface area (Å²) >= 11 is 0. The van der Waals surface area contributed by atoms with E-state index in [1.165, 1.54) is 93.4 Å². The summed E-state index contributed by atoms with van der Waals surface area (Å²) in [6.45, 7) is 4.46. The van der Waals surface area contributed by atoms with Gasteiger partial charge in [0.2, 0.25) is 0 Å². The monoisotopic (exact) mass is 430 g/mol. The highest BCUT2D eigenvalue weighted by Crippen LogP contribution is 2.40. The minimum atomic E-state index is 0.787. The minimum Gasteiger partial charge on any atom is -0.0917 e. The van der Waals surface area contributed by atoms with Gasteiger partial charge in [0.1, 0.15) is 0 Å². The van der Waals surface area contributed by atoms with Gasteiger partial charge in [-0.15, -0.1) is 0 Å². The molecule has 32 heavy (non-hydrogen) atoms. The number of hydrogen-bond acceptors (Lipinski definition) is 0. The molecule has 0 aliphatic heterocycles. The lowest BCUT2D eigenvalue weighted by molar-refractivity contribution is 0.224. The molecular formula is C32H46. The molecule has 0 unspecified atom stereocenters. The lowest BCUT2D eigenvalue weighted by Crippen LogP contribution is -2.17. The zero-order chi connectivity index (χ0) is 22.2. The summed E-state index contributed by atoms with van der Waals surface area (Å²) in [6.07, 6.45) is 24.4. The van der Waals surface area contributed by atoms with Crippen LogP contribution in [0, 0.1) is 17.8 Å². The van der Waals surface area contributed by atoms with Crippen molar-refractivity contribution in [1.82, 2.24) is 0 Å². The van der Waals surface area contributed by atoms with E-state index in [1.807, 2.05) is 0 Å². The molecule has 2 aromatic carbocycles. The average Bonchev–Trinajstić information content (AvgIpc) is 2.84. The number of hydrogen-bond donors (Lipinski definition) is 0. The van der Waals surface area contributed by atoms with Crippen molar-refractivity contribution in [3.05, 3.63) is 59.7 Å². The van der Waals surface area contributed by atoms with Crippen molar-refractivity contribution in [3.8, 4) is 0 Å². The Morgan fingerprint density at radius 1 is 0.719 bits per heavy atom. The summed E-state index contributed by atoms with van der Waals surface area (Å²) in [5, 5.41) is 2.84. The van der Waals surface area contributed by atoms with Gasteiger partial charge in [0.15, 0.2) is 0 Å². The van der Waals surface area contributed by atoms with E-state index >= 15 is 0 Å². The fraction of sp³-hybridized carbons (Fsp3) is 0.625. The summed E-state index contributed by atoms with van der Waals surface area (Å²) in [6, 6.07) is 14.4. The van der Waals surface area contributed by atoms with Gasteiger partial charge in [-0.05, 0) is 91.0 Å². The van der Waals surface area contributed by atoms with Crippen LogP contribution in [0.4, 0.5) is 0 Å². The van der Waals surface area contributed by atoms with Gasteiger partial charge in [0.05, 0.1) is 0 Å². The fourth-order valence-corrected chi connectivity index (χ4v) is 6.61. The predicted octanol–water partition coefficient (Wildman–Crippen LogP) is 10.0. The molecule has 0 bridgehead atoms. The van der Waals surface area contributed by atoms with Crippen LogP contribution in [0.5, 0.6) is 0 Å². The first-order chi connectivity index (χ1) is 15.7. The first kappa shape index (κ1) is 23.6. The third-order valence-electron chi connectivity index (χ3n) is 8.73. The van der Waals surface area contributed by atoms with Crippen molar-refractivity contribution < 1.29 is 0 Å². The van der Waals surface area contributed by atoms with Gasteiger partial charge in [0, 0.05) is 0 Å². The maximum atomic E-state index is 2.49. The Hall–Kier alpha value is -1.56. The van der Waals surface area contributed by atoms with Crippen LogP contribution in [0.2, 0.25) is 0 Å². The highest BCUT2D eigenvalue weighted by Gasteiger charge is 2.25. The summed E-state index contributed by atoms with van der Waals surface area (Å²) < 4.78 is 0. The molecule has 0 heterocycles. The van der Waals surface area contributed by atoms with Gasteiger partial charge in [-0.1, -0.05) is 107 Å². The van der Waals surface area contributed by atoms with E-state index in [2.05, 4.69) is 62.4 Å². The van der Waals surface area contributed by atoms with Crippen LogP contribution in [0.1, 0.15) is 114 Å². The van der Waals surface area contributed by atoms with Gasteiger partial charge < -0.3 is 0 Å². The highest BCUT2D eigenvalue weighted by molar-refractivity contribution is 5.84. The normalized spacial score (nSPS) is 26.7. The van der Waals surface area contributed by atoms with Crippen LogP contribution in [-0.2, 0) is 6.42 Å². The van der Waals surface area contributed by atoms with Crippen molar-refractivity contribution in [3.63, 3.8) is 0 Å². The second-order valence-electron chi connectivity index (χ2n) is 11.0. The second kappa shape index (κ2) is 12.1. The molecule has 2 fully saturated rings. The Bertz CT molecular complexity index is 843. The van der Waals surface area contributed by atoms with Gasteiger partial charge in [-0.3, -0.25) is 0 Å². The molecule has 0 aromatic heterocycles. The molecule has 4 rings (SSSR count). The zero-order valence-electron chi connectivity index (χ0n) is 20.8. The molecule has 2 aromatic rings. The van der Waals surface area contributed by atoms with Crippen molar-refractivity contribution in [1.29, 1.82) is 0 Å². The highest BCUT2D eigenvalue weighted by atomic mass is 14.3. The van der Waals surface area contributed by atoms with Gasteiger partial charge in [0.25, 0.3) is 0 Å². The van der Waals surface area contributed by atoms with E-state index in [-0.39, 0.29) is 0 Å². The van der Waals surface area contributed by atoms with E-state index in [4.69, 9.17) is 0 Å². The van der Waals surface area contributed by atoms with Gasteiger partial charge in [-0.25, -0.2) is 0 Å². The Labute approximate surface area is 197 Å². The third kappa shape index (κ3) is 6.49. The number of fused-ring (bicyclic) bond motifs is 1. The first-order valence-corrected chi connectivity index (χ1v) is 13.9. The average molecular weight is 431 g/mol. The van der Waals surface area contributed by atoms with Crippen molar-refractivity contribution in [2.75, 3.05) is 0 Å². The number of allylic oxidation sites excluding steroid dienone is 2. The van der Waals surface area contributed by atoms with Gasteiger partial charge >= 0.3 is 0 Å². The number of benzene rings is 2. The molecule has 0 radical (unpaired) electrons. The summed E-state index contributed by atoms with van der Waals surface area (Å²) in [7, 11) is 0. The molecule has 0 heteroatoms. The zero-order valence-corrected chi connectivity index (χ0v) is 20.8. The molecule has 0 spiro atoms. The van der Waals surface area contributed by atoms with E-state index in [0.29, 0.717) is 0 Å².